The Labute approximate surface area is 198 Å². The molecule has 0 aromatic heterocycles. The molecule has 1 N–H and O–H groups in total. The van der Waals surface area contributed by atoms with Crippen molar-refractivity contribution in [3.8, 4) is 17.2 Å². The molecule has 7 heteroatoms. The Bertz CT molecular complexity index is 989. The maximum absolute atomic E-state index is 6.52. The molecule has 0 saturated heterocycles. The van der Waals surface area contributed by atoms with Crippen LogP contribution in [-0.4, -0.2) is 13.7 Å². The van der Waals surface area contributed by atoms with Crippen molar-refractivity contribution in [1.29, 1.82) is 0 Å². The first-order valence-corrected chi connectivity index (χ1v) is 11.0. The minimum Gasteiger partial charge on any atom is -0.497 e. The molecule has 4 nitrogen and oxygen atoms in total. The summed E-state index contributed by atoms with van der Waals surface area (Å²) in [6, 6.07) is 16.9. The molecule has 0 unspecified atom stereocenters. The second-order valence-corrected chi connectivity index (χ2v) is 7.99. The van der Waals surface area contributed by atoms with Gasteiger partial charge >= 0.3 is 0 Å². The van der Waals surface area contributed by atoms with Gasteiger partial charge in [-0.1, -0.05) is 53.0 Å². The number of rotatable bonds is 10. The van der Waals surface area contributed by atoms with Gasteiger partial charge in [0.1, 0.15) is 12.4 Å². The van der Waals surface area contributed by atoms with Crippen LogP contribution in [0.5, 0.6) is 17.2 Å². The Kier molecular flexibility index (Phi) is 8.73. The Morgan fingerprint density at radius 2 is 1.48 bits per heavy atom. The highest BCUT2D eigenvalue weighted by Crippen LogP contribution is 2.35. The summed E-state index contributed by atoms with van der Waals surface area (Å²) >= 11 is 19.0. The number of halogens is 3. The van der Waals surface area contributed by atoms with E-state index in [-0.39, 0.29) is 6.61 Å². The zero-order valence-electron chi connectivity index (χ0n) is 17.4. The average molecular weight is 481 g/mol. The quantitative estimate of drug-likeness (QED) is 0.342. The summed E-state index contributed by atoms with van der Waals surface area (Å²) < 4.78 is 16.9. The van der Waals surface area contributed by atoms with Crippen molar-refractivity contribution in [1.82, 2.24) is 5.32 Å². The predicted octanol–water partition coefficient (Wildman–Crippen LogP) is 6.92. The molecule has 0 aliphatic rings. The Balaban J connectivity index is 1.68. The third-order valence-corrected chi connectivity index (χ3v) is 5.71. The van der Waals surface area contributed by atoms with Gasteiger partial charge in [0.15, 0.2) is 11.5 Å². The van der Waals surface area contributed by atoms with Gasteiger partial charge in [0.25, 0.3) is 0 Å². The molecular weight excluding hydrogens is 457 g/mol. The number of ether oxygens (including phenoxy) is 3. The van der Waals surface area contributed by atoms with Gasteiger partial charge in [-0.25, -0.2) is 0 Å². The van der Waals surface area contributed by atoms with Crippen LogP contribution in [0.2, 0.25) is 15.1 Å². The lowest BCUT2D eigenvalue weighted by Gasteiger charge is -2.16. The Morgan fingerprint density at radius 1 is 0.806 bits per heavy atom. The summed E-state index contributed by atoms with van der Waals surface area (Å²) in [5.41, 5.74) is 2.79. The smallest absolute Gasteiger partial charge is 0.163 e. The van der Waals surface area contributed by atoms with E-state index in [1.54, 1.807) is 31.4 Å². The SMILES string of the molecule is CCOc1cc(CNCc2ccc(OC)cc2)c(Cl)cc1OCc1c(Cl)cccc1Cl. The first kappa shape index (κ1) is 23.6. The molecule has 0 spiro atoms. The van der Waals surface area contributed by atoms with Gasteiger partial charge in [-0.05, 0) is 48.4 Å². The summed E-state index contributed by atoms with van der Waals surface area (Å²) in [5.74, 6) is 2.00. The van der Waals surface area contributed by atoms with Crippen molar-refractivity contribution in [2.75, 3.05) is 13.7 Å². The second-order valence-electron chi connectivity index (χ2n) is 6.76. The third kappa shape index (κ3) is 6.44. The molecule has 0 saturated carbocycles. The lowest BCUT2D eigenvalue weighted by Crippen LogP contribution is -2.13. The largest absolute Gasteiger partial charge is 0.497 e. The van der Waals surface area contributed by atoms with Gasteiger partial charge in [-0.2, -0.15) is 0 Å². The molecule has 0 fully saturated rings. The highest BCUT2D eigenvalue weighted by atomic mass is 35.5. The Hall–Kier alpha value is -2.11. The van der Waals surface area contributed by atoms with Gasteiger partial charge in [-0.3, -0.25) is 0 Å². The summed E-state index contributed by atoms with van der Waals surface area (Å²) in [4.78, 5) is 0. The number of nitrogens with one attached hydrogen (secondary N) is 1. The number of hydrogen-bond donors (Lipinski definition) is 1. The van der Waals surface area contributed by atoms with Crippen molar-refractivity contribution < 1.29 is 14.2 Å². The van der Waals surface area contributed by atoms with Crippen LogP contribution in [0.1, 0.15) is 23.6 Å². The highest BCUT2D eigenvalue weighted by Gasteiger charge is 2.13. The van der Waals surface area contributed by atoms with Gasteiger partial charge in [-0.15, -0.1) is 0 Å². The summed E-state index contributed by atoms with van der Waals surface area (Å²) in [5, 5.41) is 5.09. The van der Waals surface area contributed by atoms with E-state index in [1.807, 2.05) is 37.3 Å². The van der Waals surface area contributed by atoms with Crippen molar-refractivity contribution in [2.24, 2.45) is 0 Å². The van der Waals surface area contributed by atoms with Crippen LogP contribution in [-0.2, 0) is 19.7 Å². The van der Waals surface area contributed by atoms with Crippen LogP contribution in [0, 0.1) is 0 Å². The molecule has 0 radical (unpaired) electrons. The Morgan fingerprint density at radius 3 is 2.13 bits per heavy atom. The number of benzene rings is 3. The van der Waals surface area contributed by atoms with E-state index in [9.17, 15) is 0 Å². The van der Waals surface area contributed by atoms with Gasteiger partial charge < -0.3 is 19.5 Å². The normalized spacial score (nSPS) is 10.7. The van der Waals surface area contributed by atoms with Crippen LogP contribution in [0.25, 0.3) is 0 Å². The second kappa shape index (κ2) is 11.5. The number of hydrogen-bond acceptors (Lipinski definition) is 4. The van der Waals surface area contributed by atoms with Crippen LogP contribution in [0.4, 0.5) is 0 Å². The average Bonchev–Trinajstić information content (AvgIpc) is 2.76. The molecule has 3 aromatic carbocycles. The van der Waals surface area contributed by atoms with Crippen molar-refractivity contribution in [3.63, 3.8) is 0 Å². The van der Waals surface area contributed by atoms with Gasteiger partial charge in [0, 0.05) is 39.8 Å². The minimum atomic E-state index is 0.212. The van der Waals surface area contributed by atoms with E-state index in [1.165, 1.54) is 0 Å². The first-order valence-electron chi connectivity index (χ1n) is 9.86. The molecule has 164 valence electrons. The molecule has 0 heterocycles. The molecular formula is C24H24Cl3NO3. The zero-order chi connectivity index (χ0) is 22.2. The maximum Gasteiger partial charge on any atom is 0.163 e. The van der Waals surface area contributed by atoms with Gasteiger partial charge in [0.2, 0.25) is 0 Å². The van der Waals surface area contributed by atoms with E-state index in [0.29, 0.717) is 46.3 Å². The van der Waals surface area contributed by atoms with Crippen molar-refractivity contribution >= 4 is 34.8 Å². The molecule has 3 aromatic rings. The first-order chi connectivity index (χ1) is 15.0. The standard InChI is InChI=1S/C24H24Cl3NO3/c1-3-30-23-11-17(14-28-13-16-7-9-18(29-2)10-8-16)22(27)12-24(23)31-15-19-20(25)5-4-6-21(19)26/h4-12,28H,3,13-15H2,1-2H3. The third-order valence-electron chi connectivity index (χ3n) is 4.65. The lowest BCUT2D eigenvalue weighted by molar-refractivity contribution is 0.269. The summed E-state index contributed by atoms with van der Waals surface area (Å²) in [6.07, 6.45) is 0. The van der Waals surface area contributed by atoms with E-state index in [4.69, 9.17) is 49.0 Å². The molecule has 31 heavy (non-hydrogen) atoms. The molecule has 0 aliphatic carbocycles. The van der Waals surface area contributed by atoms with Gasteiger partial charge in [0.05, 0.1) is 13.7 Å². The molecule has 0 aliphatic heterocycles. The maximum atomic E-state index is 6.52. The van der Waals surface area contributed by atoms with Crippen molar-refractivity contribution in [2.45, 2.75) is 26.6 Å². The van der Waals surface area contributed by atoms with Crippen LogP contribution < -0.4 is 19.5 Å². The summed E-state index contributed by atoms with van der Waals surface area (Å²) in [7, 11) is 1.65. The predicted molar refractivity (Wildman–Crippen MR) is 127 cm³/mol. The van der Waals surface area contributed by atoms with E-state index in [2.05, 4.69) is 5.32 Å². The molecule has 0 atom stereocenters. The van der Waals surface area contributed by atoms with E-state index >= 15 is 0 Å². The van der Waals surface area contributed by atoms with E-state index < -0.39 is 0 Å². The molecule has 0 amide bonds. The van der Waals surface area contributed by atoms with Crippen molar-refractivity contribution in [3.05, 3.63) is 86.4 Å². The molecule has 0 bridgehead atoms. The minimum absolute atomic E-state index is 0.212. The van der Waals surface area contributed by atoms with E-state index in [0.717, 1.165) is 22.4 Å². The fourth-order valence-electron chi connectivity index (χ4n) is 3.00. The lowest BCUT2D eigenvalue weighted by atomic mass is 10.1. The fourth-order valence-corrected chi connectivity index (χ4v) is 3.73. The topological polar surface area (TPSA) is 39.7 Å². The number of methoxy groups -OCH3 is 1. The fraction of sp³-hybridized carbons (Fsp3) is 0.250. The summed E-state index contributed by atoms with van der Waals surface area (Å²) in [6.45, 7) is 3.92. The highest BCUT2D eigenvalue weighted by molar-refractivity contribution is 6.36. The zero-order valence-corrected chi connectivity index (χ0v) is 19.7. The molecule has 3 rings (SSSR count). The van der Waals surface area contributed by atoms with Crippen LogP contribution >= 0.6 is 34.8 Å². The van der Waals surface area contributed by atoms with Crippen LogP contribution in [0.3, 0.4) is 0 Å². The monoisotopic (exact) mass is 479 g/mol. The van der Waals surface area contributed by atoms with Crippen LogP contribution in [0.15, 0.2) is 54.6 Å².